The van der Waals surface area contributed by atoms with E-state index >= 15 is 0 Å². The molecule has 0 amide bonds. The van der Waals surface area contributed by atoms with E-state index in [1.165, 1.54) is 16.7 Å². The maximum atomic E-state index is 11.7. The zero-order chi connectivity index (χ0) is 21.0. The molecule has 0 bridgehead atoms. The Bertz CT molecular complexity index is 1020. The Morgan fingerprint density at radius 3 is 2.70 bits per heavy atom. The average Bonchev–Trinajstić information content (AvgIpc) is 3.10. The minimum atomic E-state index is -2.91. The summed E-state index contributed by atoms with van der Waals surface area (Å²) in [6.45, 7) is 4.07. The van der Waals surface area contributed by atoms with E-state index in [-0.39, 0.29) is 17.5 Å². The van der Waals surface area contributed by atoms with Crippen molar-refractivity contribution in [2.75, 3.05) is 24.7 Å². The lowest BCUT2D eigenvalue weighted by Gasteiger charge is -2.18. The van der Waals surface area contributed by atoms with Crippen molar-refractivity contribution in [3.8, 4) is 16.9 Å². The van der Waals surface area contributed by atoms with E-state index < -0.39 is 9.84 Å². The Hall–Kier alpha value is -2.54. The number of benzene rings is 2. The van der Waals surface area contributed by atoms with Crippen LogP contribution in [0.1, 0.15) is 30.9 Å². The van der Waals surface area contributed by atoms with Gasteiger partial charge in [-0.1, -0.05) is 30.3 Å². The second-order valence-corrected chi connectivity index (χ2v) is 10.1. The number of rotatable bonds is 5. The third kappa shape index (κ3) is 5.14. The summed E-state index contributed by atoms with van der Waals surface area (Å²) in [5.41, 5.74) is 4.77. The molecule has 160 valence electrons. The van der Waals surface area contributed by atoms with Crippen LogP contribution in [0.3, 0.4) is 0 Å². The van der Waals surface area contributed by atoms with Crippen LogP contribution in [0.4, 0.5) is 0 Å². The van der Waals surface area contributed by atoms with Gasteiger partial charge in [0.15, 0.2) is 15.8 Å². The normalized spacial score (nSPS) is 20.3. The van der Waals surface area contributed by atoms with Gasteiger partial charge in [-0.3, -0.25) is 0 Å². The molecular formula is C23H29N3O3S. The summed E-state index contributed by atoms with van der Waals surface area (Å²) < 4.78 is 29.1. The zero-order valence-electron chi connectivity index (χ0n) is 17.4. The first kappa shape index (κ1) is 20.7. The molecule has 2 aromatic carbocycles. The number of hydrogen-bond acceptors (Lipinski definition) is 4. The van der Waals surface area contributed by atoms with Crippen molar-refractivity contribution in [1.82, 2.24) is 10.6 Å². The molecule has 0 radical (unpaired) electrons. The highest BCUT2D eigenvalue weighted by molar-refractivity contribution is 7.91. The molecule has 1 unspecified atom stereocenters. The lowest BCUT2D eigenvalue weighted by molar-refractivity contribution is 0.288. The maximum Gasteiger partial charge on any atom is 0.191 e. The standard InChI is InChI=1S/C23H29N3O3S/c1-2-24-23(26-21-11-13-30(27,28)16-21)25-15-17-5-7-18(8-6-17)19-9-10-22-20(14-19)4-3-12-29-22/h5-10,14,21H,2-4,11-13,15-16H2,1H3,(H2,24,25,26). The van der Waals surface area contributed by atoms with Crippen LogP contribution in [-0.2, 0) is 22.8 Å². The molecule has 7 heteroatoms. The highest BCUT2D eigenvalue weighted by atomic mass is 32.2. The molecule has 0 spiro atoms. The van der Waals surface area contributed by atoms with Crippen molar-refractivity contribution in [3.05, 3.63) is 53.6 Å². The number of aliphatic imine (C=N–C) groups is 1. The van der Waals surface area contributed by atoms with E-state index in [1.807, 2.05) is 6.92 Å². The molecule has 4 rings (SSSR count). The number of fused-ring (bicyclic) bond motifs is 1. The Kier molecular flexibility index (Phi) is 6.27. The summed E-state index contributed by atoms with van der Waals surface area (Å²) in [5.74, 6) is 2.10. The van der Waals surface area contributed by atoms with Crippen molar-refractivity contribution in [2.45, 2.75) is 38.8 Å². The minimum absolute atomic E-state index is 0.0665. The summed E-state index contributed by atoms with van der Waals surface area (Å²) in [6.07, 6.45) is 2.77. The van der Waals surface area contributed by atoms with Gasteiger partial charge in [-0.25, -0.2) is 13.4 Å². The number of guanidine groups is 1. The monoisotopic (exact) mass is 427 g/mol. The fourth-order valence-corrected chi connectivity index (χ4v) is 5.61. The van der Waals surface area contributed by atoms with Crippen molar-refractivity contribution >= 4 is 15.8 Å². The second kappa shape index (κ2) is 9.08. The van der Waals surface area contributed by atoms with Gasteiger partial charge in [-0.15, -0.1) is 0 Å². The van der Waals surface area contributed by atoms with Crippen LogP contribution in [0.5, 0.6) is 5.75 Å². The fraction of sp³-hybridized carbons (Fsp3) is 0.435. The highest BCUT2D eigenvalue weighted by Crippen LogP contribution is 2.30. The lowest BCUT2D eigenvalue weighted by Crippen LogP contribution is -2.44. The third-order valence-corrected chi connectivity index (χ3v) is 7.30. The predicted octanol–water partition coefficient (Wildman–Crippen LogP) is 2.92. The molecule has 2 aliphatic rings. The number of aryl methyl sites for hydroxylation is 1. The van der Waals surface area contributed by atoms with Crippen LogP contribution in [0.15, 0.2) is 47.5 Å². The van der Waals surface area contributed by atoms with Gasteiger partial charge in [0.2, 0.25) is 0 Å². The van der Waals surface area contributed by atoms with Crippen LogP contribution < -0.4 is 15.4 Å². The average molecular weight is 428 g/mol. The summed E-state index contributed by atoms with van der Waals surface area (Å²) in [6, 6.07) is 14.8. The lowest BCUT2D eigenvalue weighted by atomic mass is 9.98. The van der Waals surface area contributed by atoms with Crippen molar-refractivity contribution in [3.63, 3.8) is 0 Å². The first-order valence-electron chi connectivity index (χ1n) is 10.6. The van der Waals surface area contributed by atoms with Gasteiger partial charge in [0.05, 0.1) is 24.7 Å². The van der Waals surface area contributed by atoms with Gasteiger partial charge < -0.3 is 15.4 Å². The van der Waals surface area contributed by atoms with E-state index in [9.17, 15) is 8.42 Å². The Labute approximate surface area is 178 Å². The van der Waals surface area contributed by atoms with Crippen LogP contribution in [-0.4, -0.2) is 45.1 Å². The molecule has 1 fully saturated rings. The summed E-state index contributed by atoms with van der Waals surface area (Å²) in [4.78, 5) is 4.64. The van der Waals surface area contributed by atoms with Crippen LogP contribution >= 0.6 is 0 Å². The molecule has 30 heavy (non-hydrogen) atoms. The third-order valence-electron chi connectivity index (χ3n) is 5.53. The first-order chi connectivity index (χ1) is 14.5. The van der Waals surface area contributed by atoms with E-state index in [0.717, 1.165) is 37.3 Å². The quantitative estimate of drug-likeness (QED) is 0.567. The Morgan fingerprint density at radius 2 is 1.97 bits per heavy atom. The van der Waals surface area contributed by atoms with Gasteiger partial charge in [0.25, 0.3) is 0 Å². The van der Waals surface area contributed by atoms with E-state index in [0.29, 0.717) is 18.9 Å². The first-order valence-corrected chi connectivity index (χ1v) is 12.4. The SMILES string of the molecule is CCNC(=NCc1ccc(-c2ccc3c(c2)CCCO3)cc1)NC1CCS(=O)(=O)C1. The highest BCUT2D eigenvalue weighted by Gasteiger charge is 2.28. The number of sulfone groups is 1. The van der Waals surface area contributed by atoms with Gasteiger partial charge in [-0.2, -0.15) is 0 Å². The molecule has 2 aliphatic heterocycles. The van der Waals surface area contributed by atoms with Crippen LogP contribution in [0, 0.1) is 0 Å². The smallest absolute Gasteiger partial charge is 0.191 e. The molecular weight excluding hydrogens is 398 g/mol. The van der Waals surface area contributed by atoms with E-state index in [1.54, 1.807) is 0 Å². The Balaban J connectivity index is 1.41. The van der Waals surface area contributed by atoms with Gasteiger partial charge in [0.1, 0.15) is 5.75 Å². The molecule has 0 aliphatic carbocycles. The number of ether oxygens (including phenoxy) is 1. The Morgan fingerprint density at radius 1 is 1.17 bits per heavy atom. The summed E-state index contributed by atoms with van der Waals surface area (Å²) in [7, 11) is -2.91. The van der Waals surface area contributed by atoms with E-state index in [2.05, 4.69) is 58.1 Å². The van der Waals surface area contributed by atoms with Crippen molar-refractivity contribution < 1.29 is 13.2 Å². The largest absolute Gasteiger partial charge is 0.493 e. The fourth-order valence-electron chi connectivity index (χ4n) is 3.94. The molecule has 1 saturated heterocycles. The molecule has 2 heterocycles. The number of nitrogens with zero attached hydrogens (tertiary/aromatic N) is 1. The summed E-state index contributed by atoms with van der Waals surface area (Å²) >= 11 is 0. The zero-order valence-corrected chi connectivity index (χ0v) is 18.2. The number of nitrogens with one attached hydrogen (secondary N) is 2. The number of hydrogen-bond donors (Lipinski definition) is 2. The van der Waals surface area contributed by atoms with E-state index in [4.69, 9.17) is 4.74 Å². The molecule has 6 nitrogen and oxygen atoms in total. The summed E-state index contributed by atoms with van der Waals surface area (Å²) in [5, 5.41) is 6.46. The molecule has 2 N–H and O–H groups in total. The van der Waals surface area contributed by atoms with Gasteiger partial charge in [0, 0.05) is 12.6 Å². The second-order valence-electron chi connectivity index (χ2n) is 7.91. The molecule has 1 atom stereocenters. The van der Waals surface area contributed by atoms with Crippen LogP contribution in [0.2, 0.25) is 0 Å². The topological polar surface area (TPSA) is 79.8 Å². The van der Waals surface area contributed by atoms with Gasteiger partial charge in [-0.05, 0) is 60.6 Å². The van der Waals surface area contributed by atoms with Crippen molar-refractivity contribution in [1.29, 1.82) is 0 Å². The maximum absolute atomic E-state index is 11.7. The predicted molar refractivity (Wildman–Crippen MR) is 121 cm³/mol. The molecule has 0 aromatic heterocycles. The van der Waals surface area contributed by atoms with Crippen molar-refractivity contribution in [2.24, 2.45) is 4.99 Å². The van der Waals surface area contributed by atoms with Gasteiger partial charge >= 0.3 is 0 Å². The minimum Gasteiger partial charge on any atom is -0.493 e. The molecule has 0 saturated carbocycles. The molecule has 2 aromatic rings. The van der Waals surface area contributed by atoms with Crippen LogP contribution in [0.25, 0.3) is 11.1 Å².